The van der Waals surface area contributed by atoms with Crippen molar-refractivity contribution in [1.82, 2.24) is 0 Å². The van der Waals surface area contributed by atoms with Gasteiger partial charge in [0.1, 0.15) is 6.10 Å². The van der Waals surface area contributed by atoms with Crippen molar-refractivity contribution in [3.8, 4) is 0 Å². The highest BCUT2D eigenvalue weighted by atomic mass is 16.5. The molecule has 1 N–H and O–H groups in total. The zero-order valence-electron chi connectivity index (χ0n) is 7.82. The summed E-state index contributed by atoms with van der Waals surface area (Å²) in [5.41, 5.74) is 0.417. The Hall–Kier alpha value is -0.870. The highest BCUT2D eigenvalue weighted by Gasteiger charge is 2.26. The minimum atomic E-state index is -0.864. The van der Waals surface area contributed by atoms with Crippen LogP contribution < -0.4 is 0 Å². The van der Waals surface area contributed by atoms with E-state index >= 15 is 0 Å². The van der Waals surface area contributed by atoms with Gasteiger partial charge in [-0.1, -0.05) is 0 Å². The lowest BCUT2D eigenvalue weighted by molar-refractivity contribution is -0.133. The fourth-order valence-corrected chi connectivity index (χ4v) is 1.50. The quantitative estimate of drug-likeness (QED) is 0.709. The molecule has 2 atom stereocenters. The number of methoxy groups -OCH3 is 2. The van der Waals surface area contributed by atoms with Gasteiger partial charge in [-0.2, -0.15) is 0 Å². The van der Waals surface area contributed by atoms with Gasteiger partial charge in [-0.3, -0.25) is 0 Å². The number of aliphatic carboxylic acids is 1. The van der Waals surface area contributed by atoms with Crippen LogP contribution in [0.4, 0.5) is 0 Å². The van der Waals surface area contributed by atoms with Gasteiger partial charge >= 0.3 is 5.97 Å². The van der Waals surface area contributed by atoms with Crippen LogP contribution in [0.5, 0.6) is 0 Å². The minimum Gasteiger partial charge on any atom is -0.478 e. The summed E-state index contributed by atoms with van der Waals surface area (Å²) < 4.78 is 10.3. The van der Waals surface area contributed by atoms with Crippen LogP contribution in [-0.2, 0) is 14.3 Å². The van der Waals surface area contributed by atoms with Gasteiger partial charge in [0.25, 0.3) is 0 Å². The van der Waals surface area contributed by atoms with Gasteiger partial charge in [-0.15, -0.1) is 0 Å². The highest BCUT2D eigenvalue weighted by Crippen LogP contribution is 2.22. The Morgan fingerprint density at radius 1 is 1.54 bits per heavy atom. The summed E-state index contributed by atoms with van der Waals surface area (Å²) in [6.45, 7) is 0. The zero-order valence-corrected chi connectivity index (χ0v) is 7.82. The summed E-state index contributed by atoms with van der Waals surface area (Å²) in [6, 6.07) is 0. The lowest BCUT2D eigenvalue weighted by atomic mass is 9.95. The van der Waals surface area contributed by atoms with Crippen LogP contribution in [0.2, 0.25) is 0 Å². The Morgan fingerprint density at radius 3 is 2.69 bits per heavy atom. The van der Waals surface area contributed by atoms with E-state index in [1.54, 1.807) is 20.3 Å². The van der Waals surface area contributed by atoms with Crippen LogP contribution in [0.25, 0.3) is 0 Å². The molecule has 74 valence electrons. The summed E-state index contributed by atoms with van der Waals surface area (Å²) in [5, 5.41) is 8.75. The van der Waals surface area contributed by atoms with Gasteiger partial charge in [0.05, 0.1) is 6.10 Å². The van der Waals surface area contributed by atoms with E-state index in [1.807, 2.05) is 0 Å². The molecule has 0 unspecified atom stereocenters. The number of rotatable bonds is 3. The van der Waals surface area contributed by atoms with E-state index < -0.39 is 5.97 Å². The monoisotopic (exact) mass is 186 g/mol. The molecule has 0 aromatic heterocycles. The van der Waals surface area contributed by atoms with E-state index in [0.29, 0.717) is 18.4 Å². The van der Waals surface area contributed by atoms with Crippen molar-refractivity contribution in [2.45, 2.75) is 25.0 Å². The van der Waals surface area contributed by atoms with Gasteiger partial charge in [0.2, 0.25) is 0 Å². The minimum absolute atomic E-state index is 0.0203. The predicted octanol–water partition coefficient (Wildman–Crippen LogP) is 0.821. The molecule has 13 heavy (non-hydrogen) atoms. The zero-order chi connectivity index (χ0) is 9.84. The fraction of sp³-hybridized carbons (Fsp3) is 0.667. The van der Waals surface area contributed by atoms with Crippen LogP contribution in [0.1, 0.15) is 12.8 Å². The Morgan fingerprint density at radius 2 is 2.23 bits per heavy atom. The summed E-state index contributed by atoms with van der Waals surface area (Å²) in [4.78, 5) is 10.6. The average molecular weight is 186 g/mol. The fourth-order valence-electron chi connectivity index (χ4n) is 1.50. The van der Waals surface area contributed by atoms with Crippen LogP contribution in [0.15, 0.2) is 11.6 Å². The van der Waals surface area contributed by atoms with E-state index in [1.165, 1.54) is 0 Å². The summed E-state index contributed by atoms with van der Waals surface area (Å²) in [6.07, 6.45) is 2.62. The maximum atomic E-state index is 10.6. The third-order valence-corrected chi connectivity index (χ3v) is 2.28. The first-order valence-electron chi connectivity index (χ1n) is 4.18. The molecule has 0 aromatic rings. The van der Waals surface area contributed by atoms with Crippen molar-refractivity contribution in [3.63, 3.8) is 0 Å². The van der Waals surface area contributed by atoms with E-state index in [9.17, 15) is 4.79 Å². The van der Waals surface area contributed by atoms with Crippen molar-refractivity contribution in [2.75, 3.05) is 14.2 Å². The first-order chi connectivity index (χ1) is 6.19. The number of hydrogen-bond donors (Lipinski definition) is 1. The van der Waals surface area contributed by atoms with Crippen molar-refractivity contribution in [3.05, 3.63) is 11.6 Å². The molecular formula is C9H14O4. The third-order valence-electron chi connectivity index (χ3n) is 2.28. The first-order valence-corrected chi connectivity index (χ1v) is 4.18. The topological polar surface area (TPSA) is 55.8 Å². The van der Waals surface area contributed by atoms with E-state index in [-0.39, 0.29) is 12.2 Å². The molecule has 0 bridgehead atoms. The van der Waals surface area contributed by atoms with E-state index in [4.69, 9.17) is 14.6 Å². The molecule has 0 radical (unpaired) electrons. The summed E-state index contributed by atoms with van der Waals surface area (Å²) in [7, 11) is 3.16. The summed E-state index contributed by atoms with van der Waals surface area (Å²) >= 11 is 0. The molecule has 0 aromatic carbocycles. The molecule has 0 saturated carbocycles. The standard InChI is InChI=1S/C9H14O4/c1-12-7-4-3-6(9(10)11)5-8(7)13-2/h5,7-8H,3-4H2,1-2H3,(H,10,11)/t7-,8+/m0/s1. The van der Waals surface area contributed by atoms with E-state index in [2.05, 4.69) is 0 Å². The Bertz CT molecular complexity index is 222. The molecule has 0 heterocycles. The van der Waals surface area contributed by atoms with Crippen LogP contribution >= 0.6 is 0 Å². The molecular weight excluding hydrogens is 172 g/mol. The predicted molar refractivity (Wildman–Crippen MR) is 46.5 cm³/mol. The Labute approximate surface area is 77.1 Å². The third kappa shape index (κ3) is 2.29. The van der Waals surface area contributed by atoms with Gasteiger partial charge in [0, 0.05) is 19.8 Å². The second kappa shape index (κ2) is 4.39. The van der Waals surface area contributed by atoms with Gasteiger partial charge < -0.3 is 14.6 Å². The maximum absolute atomic E-state index is 10.6. The molecule has 1 aliphatic rings. The molecule has 4 nitrogen and oxygen atoms in total. The van der Waals surface area contributed by atoms with Crippen LogP contribution in [-0.4, -0.2) is 37.5 Å². The summed E-state index contributed by atoms with van der Waals surface area (Å²) in [5.74, 6) is -0.864. The molecule has 0 spiro atoms. The molecule has 0 fully saturated rings. The lowest BCUT2D eigenvalue weighted by Crippen LogP contribution is -2.32. The molecule has 0 saturated heterocycles. The Balaban J connectivity index is 2.73. The normalized spacial score (nSPS) is 28.3. The second-order valence-electron chi connectivity index (χ2n) is 3.01. The number of carbonyl (C=O) groups is 1. The SMILES string of the molecule is CO[C@H]1CCC(C(=O)O)=C[C@H]1OC. The Kier molecular flexibility index (Phi) is 3.45. The molecule has 0 aliphatic heterocycles. The molecule has 1 aliphatic carbocycles. The lowest BCUT2D eigenvalue weighted by Gasteiger charge is -2.26. The van der Waals surface area contributed by atoms with Crippen molar-refractivity contribution in [2.24, 2.45) is 0 Å². The van der Waals surface area contributed by atoms with Crippen molar-refractivity contribution in [1.29, 1.82) is 0 Å². The van der Waals surface area contributed by atoms with E-state index in [0.717, 1.165) is 0 Å². The molecule has 1 rings (SSSR count). The number of carboxylic acids is 1. The maximum Gasteiger partial charge on any atom is 0.331 e. The number of carboxylic acid groups (broad SMARTS) is 1. The van der Waals surface area contributed by atoms with Gasteiger partial charge in [0.15, 0.2) is 0 Å². The number of hydrogen-bond acceptors (Lipinski definition) is 3. The molecule has 0 amide bonds. The van der Waals surface area contributed by atoms with Crippen LogP contribution in [0.3, 0.4) is 0 Å². The highest BCUT2D eigenvalue weighted by molar-refractivity contribution is 5.86. The van der Waals surface area contributed by atoms with Crippen LogP contribution in [0, 0.1) is 0 Å². The first kappa shape index (κ1) is 10.2. The van der Waals surface area contributed by atoms with Crippen molar-refractivity contribution < 1.29 is 19.4 Å². The van der Waals surface area contributed by atoms with Gasteiger partial charge in [-0.05, 0) is 18.9 Å². The molecule has 4 heteroatoms. The average Bonchev–Trinajstić information content (AvgIpc) is 2.16. The smallest absolute Gasteiger partial charge is 0.331 e. The van der Waals surface area contributed by atoms with Gasteiger partial charge in [-0.25, -0.2) is 4.79 Å². The number of ether oxygens (including phenoxy) is 2. The largest absolute Gasteiger partial charge is 0.478 e. The van der Waals surface area contributed by atoms with Crippen molar-refractivity contribution >= 4 is 5.97 Å². The second-order valence-corrected chi connectivity index (χ2v) is 3.01.